The average Bonchev–Trinajstić information content (AvgIpc) is 2.25. The minimum Gasteiger partial charge on any atom is -0.310 e. The zero-order valence-corrected chi connectivity index (χ0v) is 11.1. The van der Waals surface area contributed by atoms with Crippen molar-refractivity contribution in [2.24, 2.45) is 0 Å². The fraction of sp³-hybridized carbons (Fsp3) is 0.600. The van der Waals surface area contributed by atoms with Crippen LogP contribution in [-0.2, 0) is 6.54 Å². The number of aryl methyl sites for hydroxylation is 2. The molecule has 1 rings (SSSR count). The summed E-state index contributed by atoms with van der Waals surface area (Å²) in [5.74, 6) is 0. The van der Waals surface area contributed by atoms with E-state index >= 15 is 0 Å². The minimum absolute atomic E-state index is 0.624. The summed E-state index contributed by atoms with van der Waals surface area (Å²) in [6.07, 6.45) is 3.89. The van der Waals surface area contributed by atoms with Gasteiger partial charge in [0.25, 0.3) is 0 Å². The van der Waals surface area contributed by atoms with Crippen LogP contribution < -0.4 is 5.32 Å². The molecule has 0 spiro atoms. The Bertz CT molecular complexity index is 297. The van der Waals surface area contributed by atoms with Gasteiger partial charge >= 0.3 is 0 Å². The molecule has 1 aromatic carbocycles. The van der Waals surface area contributed by atoms with Crippen molar-refractivity contribution in [1.29, 1.82) is 0 Å². The quantitative estimate of drug-likeness (QED) is 0.763. The molecule has 0 bridgehead atoms. The maximum Gasteiger partial charge on any atom is 0.0213 e. The van der Waals surface area contributed by atoms with Crippen LogP contribution in [0.1, 0.15) is 49.8 Å². The van der Waals surface area contributed by atoms with Crippen molar-refractivity contribution in [3.05, 3.63) is 34.9 Å². The van der Waals surface area contributed by atoms with E-state index in [9.17, 15) is 0 Å². The van der Waals surface area contributed by atoms with E-state index in [0.717, 1.165) is 6.54 Å². The van der Waals surface area contributed by atoms with E-state index in [0.29, 0.717) is 6.04 Å². The maximum absolute atomic E-state index is 3.62. The summed E-state index contributed by atoms with van der Waals surface area (Å²) in [5, 5.41) is 3.62. The van der Waals surface area contributed by atoms with Gasteiger partial charge in [0.2, 0.25) is 0 Å². The zero-order chi connectivity index (χ0) is 12.0. The van der Waals surface area contributed by atoms with Crippen molar-refractivity contribution in [3.8, 4) is 0 Å². The van der Waals surface area contributed by atoms with Crippen molar-refractivity contribution in [1.82, 2.24) is 5.32 Å². The van der Waals surface area contributed by atoms with Gasteiger partial charge in [-0.25, -0.2) is 0 Å². The molecule has 1 N–H and O–H groups in total. The van der Waals surface area contributed by atoms with Gasteiger partial charge in [-0.1, -0.05) is 38.0 Å². The summed E-state index contributed by atoms with van der Waals surface area (Å²) in [7, 11) is 0. The molecule has 0 heterocycles. The van der Waals surface area contributed by atoms with E-state index in [1.165, 1.54) is 36.0 Å². The van der Waals surface area contributed by atoms with Crippen LogP contribution in [0.4, 0.5) is 0 Å². The molecule has 0 amide bonds. The smallest absolute Gasteiger partial charge is 0.0213 e. The second kappa shape index (κ2) is 6.70. The van der Waals surface area contributed by atoms with Gasteiger partial charge < -0.3 is 5.32 Å². The summed E-state index contributed by atoms with van der Waals surface area (Å²) < 4.78 is 0. The third kappa shape index (κ3) is 3.97. The fourth-order valence-corrected chi connectivity index (χ4v) is 2.02. The Morgan fingerprint density at radius 1 is 1.19 bits per heavy atom. The number of hydrogen-bond acceptors (Lipinski definition) is 1. The highest BCUT2D eigenvalue weighted by molar-refractivity contribution is 5.33. The summed E-state index contributed by atoms with van der Waals surface area (Å²) in [6, 6.07) is 7.15. The Labute approximate surface area is 100 Å². The van der Waals surface area contributed by atoms with Crippen LogP contribution in [0.25, 0.3) is 0 Å². The summed E-state index contributed by atoms with van der Waals surface area (Å²) in [5.41, 5.74) is 4.26. The van der Waals surface area contributed by atoms with E-state index in [1.807, 2.05) is 0 Å². The first kappa shape index (κ1) is 13.2. The lowest BCUT2D eigenvalue weighted by molar-refractivity contribution is 0.493. The third-order valence-electron chi connectivity index (χ3n) is 3.26. The summed E-state index contributed by atoms with van der Waals surface area (Å²) in [6.45, 7) is 9.92. The standard InChI is InChI=1S/C15H25N/c1-5-6-10-14(4)16-11-15-12(2)8-7-9-13(15)3/h7-9,14,16H,5-6,10-11H2,1-4H3. The SMILES string of the molecule is CCCCC(C)NCc1c(C)cccc1C. The van der Waals surface area contributed by atoms with E-state index in [-0.39, 0.29) is 0 Å². The zero-order valence-electron chi connectivity index (χ0n) is 11.1. The van der Waals surface area contributed by atoms with Crippen LogP contribution in [-0.4, -0.2) is 6.04 Å². The molecular weight excluding hydrogens is 194 g/mol. The van der Waals surface area contributed by atoms with Crippen LogP contribution in [0.5, 0.6) is 0 Å². The normalized spacial score (nSPS) is 12.8. The van der Waals surface area contributed by atoms with Crippen LogP contribution >= 0.6 is 0 Å². The van der Waals surface area contributed by atoms with Crippen LogP contribution in [0.15, 0.2) is 18.2 Å². The van der Waals surface area contributed by atoms with Crippen molar-refractivity contribution < 1.29 is 0 Å². The molecule has 90 valence electrons. The molecule has 1 heteroatoms. The molecule has 0 aromatic heterocycles. The third-order valence-corrected chi connectivity index (χ3v) is 3.26. The molecule has 0 saturated heterocycles. The van der Waals surface area contributed by atoms with Gasteiger partial charge in [-0.2, -0.15) is 0 Å². The van der Waals surface area contributed by atoms with Crippen LogP contribution in [0.2, 0.25) is 0 Å². The molecule has 0 aliphatic heterocycles. The Morgan fingerprint density at radius 3 is 2.38 bits per heavy atom. The topological polar surface area (TPSA) is 12.0 Å². The predicted molar refractivity (Wildman–Crippen MR) is 71.7 cm³/mol. The first-order valence-electron chi connectivity index (χ1n) is 6.43. The van der Waals surface area contributed by atoms with Crippen molar-refractivity contribution in [2.75, 3.05) is 0 Å². The number of nitrogens with one attached hydrogen (secondary N) is 1. The Kier molecular flexibility index (Phi) is 5.54. The maximum atomic E-state index is 3.62. The molecule has 1 atom stereocenters. The Morgan fingerprint density at radius 2 is 1.81 bits per heavy atom. The second-order valence-corrected chi connectivity index (χ2v) is 4.79. The van der Waals surface area contributed by atoms with Crippen molar-refractivity contribution >= 4 is 0 Å². The molecule has 1 nitrogen and oxygen atoms in total. The number of unbranched alkanes of at least 4 members (excludes halogenated alkanes) is 1. The van der Waals surface area contributed by atoms with Crippen LogP contribution in [0, 0.1) is 13.8 Å². The number of rotatable bonds is 6. The molecule has 0 saturated carbocycles. The van der Waals surface area contributed by atoms with Crippen molar-refractivity contribution in [3.63, 3.8) is 0 Å². The van der Waals surface area contributed by atoms with Crippen molar-refractivity contribution in [2.45, 2.75) is 59.5 Å². The van der Waals surface area contributed by atoms with Gasteiger partial charge in [-0.05, 0) is 43.9 Å². The summed E-state index contributed by atoms with van der Waals surface area (Å²) >= 11 is 0. The lowest BCUT2D eigenvalue weighted by Gasteiger charge is -2.16. The Hall–Kier alpha value is -0.820. The largest absolute Gasteiger partial charge is 0.310 e. The molecule has 1 unspecified atom stereocenters. The van der Waals surface area contributed by atoms with E-state index in [1.54, 1.807) is 0 Å². The molecular formula is C15H25N. The highest BCUT2D eigenvalue weighted by Crippen LogP contribution is 2.13. The molecule has 0 aliphatic carbocycles. The predicted octanol–water partition coefficient (Wildman–Crippen LogP) is 3.97. The van der Waals surface area contributed by atoms with E-state index < -0.39 is 0 Å². The van der Waals surface area contributed by atoms with Crippen LogP contribution in [0.3, 0.4) is 0 Å². The molecule has 16 heavy (non-hydrogen) atoms. The van der Waals surface area contributed by atoms with Gasteiger partial charge in [-0.3, -0.25) is 0 Å². The molecule has 0 fully saturated rings. The lowest BCUT2D eigenvalue weighted by Crippen LogP contribution is -2.26. The first-order valence-corrected chi connectivity index (χ1v) is 6.43. The van der Waals surface area contributed by atoms with Gasteiger partial charge in [0.1, 0.15) is 0 Å². The molecule has 1 aromatic rings. The highest BCUT2D eigenvalue weighted by Gasteiger charge is 2.04. The highest BCUT2D eigenvalue weighted by atomic mass is 14.9. The minimum atomic E-state index is 0.624. The monoisotopic (exact) mass is 219 g/mol. The Balaban J connectivity index is 2.48. The molecule has 0 radical (unpaired) electrons. The fourth-order valence-electron chi connectivity index (χ4n) is 2.02. The number of benzene rings is 1. The van der Waals surface area contributed by atoms with Gasteiger partial charge in [-0.15, -0.1) is 0 Å². The summed E-state index contributed by atoms with van der Waals surface area (Å²) in [4.78, 5) is 0. The second-order valence-electron chi connectivity index (χ2n) is 4.79. The van der Waals surface area contributed by atoms with E-state index in [4.69, 9.17) is 0 Å². The average molecular weight is 219 g/mol. The van der Waals surface area contributed by atoms with Gasteiger partial charge in [0, 0.05) is 12.6 Å². The first-order chi connectivity index (χ1) is 7.65. The van der Waals surface area contributed by atoms with Gasteiger partial charge in [0.05, 0.1) is 0 Å². The molecule has 0 aliphatic rings. The lowest BCUT2D eigenvalue weighted by atomic mass is 10.0. The van der Waals surface area contributed by atoms with Gasteiger partial charge in [0.15, 0.2) is 0 Å². The number of hydrogen-bond donors (Lipinski definition) is 1. The van der Waals surface area contributed by atoms with E-state index in [2.05, 4.69) is 51.2 Å².